The monoisotopic (exact) mass is 434 g/mol. The Labute approximate surface area is 188 Å². The molecule has 2 fully saturated rings. The minimum absolute atomic E-state index is 0.0806. The number of hydrogen-bond acceptors (Lipinski definition) is 4. The summed E-state index contributed by atoms with van der Waals surface area (Å²) in [5.41, 5.74) is 1.68. The molecule has 6 nitrogen and oxygen atoms in total. The second-order valence-corrected chi connectivity index (χ2v) is 9.19. The van der Waals surface area contributed by atoms with Crippen molar-refractivity contribution in [2.24, 2.45) is 5.41 Å². The fraction of sp³-hybridized carbons (Fsp3) is 0.462. The number of benzene rings is 2. The standard InChI is InChI=1S/C26H30N2O4/c29-24(23-8-3-15-31-23)28-13-10-26(11-14-28)18-20-5-2-7-22(17-20)32-21-6-1-4-19(16-21)9-12-27-25(26)30/h1-2,4-7,16-17,23H,3,8-15,18H2,(H,27,30)/t23-/m1/s1. The van der Waals surface area contributed by atoms with Gasteiger partial charge in [-0.15, -0.1) is 0 Å². The van der Waals surface area contributed by atoms with Crippen LogP contribution in [-0.2, 0) is 27.2 Å². The van der Waals surface area contributed by atoms with E-state index in [1.165, 1.54) is 0 Å². The van der Waals surface area contributed by atoms with Crippen molar-refractivity contribution in [1.29, 1.82) is 0 Å². The molecule has 0 unspecified atom stereocenters. The summed E-state index contributed by atoms with van der Waals surface area (Å²) in [5, 5.41) is 3.19. The quantitative estimate of drug-likeness (QED) is 0.746. The summed E-state index contributed by atoms with van der Waals surface area (Å²) in [6.45, 7) is 2.42. The summed E-state index contributed by atoms with van der Waals surface area (Å²) in [4.78, 5) is 28.2. The Kier molecular flexibility index (Phi) is 5.87. The Morgan fingerprint density at radius 3 is 2.47 bits per heavy atom. The van der Waals surface area contributed by atoms with Crippen LogP contribution in [0.3, 0.4) is 0 Å². The van der Waals surface area contributed by atoms with Gasteiger partial charge in [0.25, 0.3) is 5.91 Å². The Balaban J connectivity index is 1.38. The normalized spacial score (nSPS) is 22.8. The number of nitrogens with zero attached hydrogens (tertiary/aromatic N) is 1. The van der Waals surface area contributed by atoms with Crippen molar-refractivity contribution in [2.45, 2.75) is 44.6 Å². The van der Waals surface area contributed by atoms with Crippen LogP contribution in [0.1, 0.15) is 36.8 Å². The van der Waals surface area contributed by atoms with Crippen LogP contribution in [0.4, 0.5) is 0 Å². The van der Waals surface area contributed by atoms with E-state index in [0.29, 0.717) is 45.5 Å². The van der Waals surface area contributed by atoms with Crippen LogP contribution in [0.15, 0.2) is 48.5 Å². The van der Waals surface area contributed by atoms with Crippen LogP contribution in [0.25, 0.3) is 0 Å². The number of carbonyl (C=O) groups excluding carboxylic acids is 2. The lowest BCUT2D eigenvalue weighted by molar-refractivity contribution is -0.146. The van der Waals surface area contributed by atoms with Crippen molar-refractivity contribution >= 4 is 11.8 Å². The predicted octanol–water partition coefficient (Wildman–Crippen LogP) is 3.48. The molecule has 1 atom stereocenters. The fourth-order valence-corrected chi connectivity index (χ4v) is 5.13. The minimum Gasteiger partial charge on any atom is -0.457 e. The van der Waals surface area contributed by atoms with Crippen LogP contribution in [0.2, 0.25) is 0 Å². The van der Waals surface area contributed by atoms with Crippen molar-refractivity contribution < 1.29 is 19.1 Å². The highest BCUT2D eigenvalue weighted by atomic mass is 16.5. The maximum atomic E-state index is 13.5. The summed E-state index contributed by atoms with van der Waals surface area (Å²) in [5.74, 6) is 1.75. The van der Waals surface area contributed by atoms with E-state index in [2.05, 4.69) is 17.4 Å². The zero-order valence-electron chi connectivity index (χ0n) is 18.3. The van der Waals surface area contributed by atoms with Gasteiger partial charge >= 0.3 is 0 Å². The van der Waals surface area contributed by atoms with Crippen LogP contribution in [0, 0.1) is 5.41 Å². The lowest BCUT2D eigenvalue weighted by Gasteiger charge is -2.41. The highest BCUT2D eigenvalue weighted by Crippen LogP contribution is 2.37. The Hall–Kier alpha value is -2.86. The van der Waals surface area contributed by atoms with Crippen molar-refractivity contribution in [3.63, 3.8) is 0 Å². The maximum Gasteiger partial charge on any atom is 0.251 e. The molecule has 0 aromatic heterocycles. The first kappa shape index (κ1) is 21.0. The number of likely N-dealkylation sites (tertiary alicyclic amines) is 1. The SMILES string of the molecule is O=C([C@H]1CCCO1)N1CCC2(CC1)Cc1cccc(c1)Oc1cccc(c1)CCNC2=O. The first-order valence-electron chi connectivity index (χ1n) is 11.7. The topological polar surface area (TPSA) is 67.9 Å². The third kappa shape index (κ3) is 4.37. The molecular formula is C26H30N2O4. The van der Waals surface area contributed by atoms with Crippen molar-refractivity contribution in [1.82, 2.24) is 10.2 Å². The first-order valence-corrected chi connectivity index (χ1v) is 11.7. The molecule has 3 aliphatic rings. The number of rotatable bonds is 1. The second-order valence-electron chi connectivity index (χ2n) is 9.19. The van der Waals surface area contributed by atoms with E-state index in [0.717, 1.165) is 41.9 Å². The van der Waals surface area contributed by atoms with E-state index in [4.69, 9.17) is 9.47 Å². The van der Waals surface area contributed by atoms with Gasteiger partial charge in [0.05, 0.1) is 5.41 Å². The van der Waals surface area contributed by atoms with Gasteiger partial charge in [-0.1, -0.05) is 24.3 Å². The highest BCUT2D eigenvalue weighted by Gasteiger charge is 2.43. The summed E-state index contributed by atoms with van der Waals surface area (Å²) < 4.78 is 11.7. The van der Waals surface area contributed by atoms with E-state index >= 15 is 0 Å². The molecule has 6 heteroatoms. The largest absolute Gasteiger partial charge is 0.457 e. The van der Waals surface area contributed by atoms with Gasteiger partial charge in [-0.2, -0.15) is 0 Å². The lowest BCUT2D eigenvalue weighted by Crippen LogP contribution is -2.53. The van der Waals surface area contributed by atoms with Crippen LogP contribution >= 0.6 is 0 Å². The van der Waals surface area contributed by atoms with Crippen molar-refractivity contribution in [3.8, 4) is 11.5 Å². The Morgan fingerprint density at radius 1 is 1.03 bits per heavy atom. The highest BCUT2D eigenvalue weighted by molar-refractivity contribution is 5.85. The van der Waals surface area contributed by atoms with Gasteiger partial charge in [-0.25, -0.2) is 0 Å². The molecule has 1 N–H and O–H groups in total. The summed E-state index contributed by atoms with van der Waals surface area (Å²) in [6, 6.07) is 16.0. The molecule has 0 radical (unpaired) electrons. The zero-order chi connectivity index (χ0) is 22.0. The number of carbonyl (C=O) groups is 2. The molecule has 4 bridgehead atoms. The van der Waals surface area contributed by atoms with Gasteiger partial charge in [0, 0.05) is 26.2 Å². The maximum absolute atomic E-state index is 13.5. The molecule has 2 saturated heterocycles. The second kappa shape index (κ2) is 8.94. The van der Waals surface area contributed by atoms with Crippen molar-refractivity contribution in [2.75, 3.05) is 26.2 Å². The third-order valence-electron chi connectivity index (χ3n) is 6.99. The smallest absolute Gasteiger partial charge is 0.251 e. The predicted molar refractivity (Wildman–Crippen MR) is 121 cm³/mol. The van der Waals surface area contributed by atoms with Gasteiger partial charge in [0.2, 0.25) is 5.91 Å². The third-order valence-corrected chi connectivity index (χ3v) is 6.99. The van der Waals surface area contributed by atoms with Gasteiger partial charge in [0.1, 0.15) is 17.6 Å². The van der Waals surface area contributed by atoms with Crippen molar-refractivity contribution in [3.05, 3.63) is 59.7 Å². The minimum atomic E-state index is -0.529. The number of piperidine rings is 1. The zero-order valence-corrected chi connectivity index (χ0v) is 18.3. The molecule has 32 heavy (non-hydrogen) atoms. The molecule has 168 valence electrons. The molecule has 3 heterocycles. The molecule has 5 rings (SSSR count). The van der Waals surface area contributed by atoms with E-state index in [-0.39, 0.29) is 17.9 Å². The van der Waals surface area contributed by atoms with Gasteiger partial charge in [-0.05, 0) is 73.9 Å². The Morgan fingerprint density at radius 2 is 1.75 bits per heavy atom. The number of nitrogens with one attached hydrogen (secondary N) is 1. The summed E-state index contributed by atoms with van der Waals surface area (Å²) in [7, 11) is 0. The number of amides is 2. The van der Waals surface area contributed by atoms with Gasteiger partial charge in [0.15, 0.2) is 0 Å². The van der Waals surface area contributed by atoms with E-state index in [1.54, 1.807) is 0 Å². The number of hydrogen-bond donors (Lipinski definition) is 1. The van der Waals surface area contributed by atoms with Crippen LogP contribution < -0.4 is 10.1 Å². The Bertz CT molecular complexity index is 991. The molecule has 2 aromatic rings. The summed E-state index contributed by atoms with van der Waals surface area (Å²) in [6.07, 6.45) is 4.12. The molecule has 2 aromatic carbocycles. The number of fused-ring (bicyclic) bond motifs is 4. The van der Waals surface area contributed by atoms with Crippen LogP contribution in [-0.4, -0.2) is 49.1 Å². The molecule has 0 aliphatic carbocycles. The molecule has 1 spiro atoms. The van der Waals surface area contributed by atoms with E-state index < -0.39 is 5.41 Å². The van der Waals surface area contributed by atoms with Crippen LogP contribution in [0.5, 0.6) is 11.5 Å². The van der Waals surface area contributed by atoms with Gasteiger partial charge in [-0.3, -0.25) is 9.59 Å². The molecule has 0 saturated carbocycles. The molecule has 3 aliphatic heterocycles. The van der Waals surface area contributed by atoms with E-state index in [1.807, 2.05) is 41.3 Å². The first-order chi connectivity index (χ1) is 15.6. The van der Waals surface area contributed by atoms with Gasteiger partial charge < -0.3 is 19.7 Å². The van der Waals surface area contributed by atoms with E-state index in [9.17, 15) is 9.59 Å². The summed E-state index contributed by atoms with van der Waals surface area (Å²) >= 11 is 0. The lowest BCUT2D eigenvalue weighted by atomic mass is 9.72. The molecular weight excluding hydrogens is 404 g/mol. The number of ether oxygens (including phenoxy) is 2. The average Bonchev–Trinajstić information content (AvgIpc) is 3.34. The molecule has 2 amide bonds. The fourth-order valence-electron chi connectivity index (χ4n) is 5.13. The average molecular weight is 435 g/mol.